The fraction of sp³-hybridized carbons (Fsp3) is 0.333. The Morgan fingerprint density at radius 1 is 1.22 bits per heavy atom. The van der Waals surface area contributed by atoms with Crippen LogP contribution in [0.1, 0.15) is 43.9 Å². The molecule has 0 atom stereocenters. The Morgan fingerprint density at radius 2 is 1.91 bits per heavy atom. The largest absolute Gasteiger partial charge is 0.573 e. The predicted octanol–water partition coefficient (Wildman–Crippen LogP) is 5.69. The Bertz CT molecular complexity index is 1100. The molecule has 0 aliphatic carbocycles. The maximum atomic E-state index is 13.1. The molecule has 1 amide bonds. The zero-order valence-electron chi connectivity index (χ0n) is 18.2. The monoisotopic (exact) mass is 447 g/mol. The number of aliphatic carboxylic acids is 1. The lowest BCUT2D eigenvalue weighted by Crippen LogP contribution is -2.41. The van der Waals surface area contributed by atoms with E-state index in [0.29, 0.717) is 24.2 Å². The first-order chi connectivity index (χ1) is 14.8. The van der Waals surface area contributed by atoms with E-state index in [1.165, 1.54) is 18.2 Å². The van der Waals surface area contributed by atoms with Gasteiger partial charge in [-0.1, -0.05) is 32.0 Å². The lowest BCUT2D eigenvalue weighted by Gasteiger charge is -2.39. The number of alkyl halides is 3. The number of nitrogens with zero attached hydrogens (tertiary/aromatic N) is 1. The summed E-state index contributed by atoms with van der Waals surface area (Å²) < 4.78 is 43.7. The molecule has 0 bridgehead atoms. The van der Waals surface area contributed by atoms with Crippen molar-refractivity contribution in [1.29, 1.82) is 0 Å². The van der Waals surface area contributed by atoms with E-state index in [2.05, 4.69) is 4.74 Å². The highest BCUT2D eigenvalue weighted by Gasteiger charge is 2.37. The molecule has 3 rings (SSSR count). The standard InChI is InChI=1S/C24H24F3NO4/c1-5-28-19-12-17(14(2)10-18(19)23(3,4)13-21(28)29)16-8-6-15(7-9-22(30)31)11-20(16)32-24(25,26)27/h6-12H,5,13H2,1-4H3,(H,30,31). The fourth-order valence-electron chi connectivity index (χ4n) is 4.04. The number of carbonyl (C=O) groups excluding carboxylic acids is 1. The molecule has 0 radical (unpaired) electrons. The van der Waals surface area contributed by atoms with Crippen LogP contribution in [0.3, 0.4) is 0 Å². The van der Waals surface area contributed by atoms with Crippen molar-refractivity contribution < 1.29 is 32.6 Å². The van der Waals surface area contributed by atoms with Gasteiger partial charge in [0.05, 0.1) is 0 Å². The number of carboxylic acid groups (broad SMARTS) is 1. The van der Waals surface area contributed by atoms with Crippen LogP contribution in [-0.2, 0) is 15.0 Å². The van der Waals surface area contributed by atoms with Gasteiger partial charge >= 0.3 is 12.3 Å². The third-order valence-electron chi connectivity index (χ3n) is 5.51. The van der Waals surface area contributed by atoms with Crippen molar-refractivity contribution in [2.24, 2.45) is 0 Å². The number of fused-ring (bicyclic) bond motifs is 1. The number of carboxylic acids is 1. The van der Waals surface area contributed by atoms with Crippen LogP contribution in [-0.4, -0.2) is 29.9 Å². The van der Waals surface area contributed by atoms with E-state index in [4.69, 9.17) is 5.11 Å². The summed E-state index contributed by atoms with van der Waals surface area (Å²) in [6.45, 7) is 8.03. The van der Waals surface area contributed by atoms with E-state index in [9.17, 15) is 22.8 Å². The zero-order chi connectivity index (χ0) is 23.8. The quantitative estimate of drug-likeness (QED) is 0.598. The van der Waals surface area contributed by atoms with Crippen LogP contribution in [0.2, 0.25) is 0 Å². The third kappa shape index (κ3) is 4.79. The maximum Gasteiger partial charge on any atom is 0.573 e. The molecule has 0 saturated heterocycles. The van der Waals surface area contributed by atoms with Crippen LogP contribution in [0.25, 0.3) is 17.2 Å². The molecule has 8 heteroatoms. The van der Waals surface area contributed by atoms with Crippen molar-refractivity contribution in [3.63, 3.8) is 0 Å². The van der Waals surface area contributed by atoms with Gasteiger partial charge in [-0.15, -0.1) is 13.2 Å². The summed E-state index contributed by atoms with van der Waals surface area (Å²) in [7, 11) is 0. The highest BCUT2D eigenvalue weighted by Crippen LogP contribution is 2.45. The minimum Gasteiger partial charge on any atom is -0.478 e. The Balaban J connectivity index is 2.21. The number of hydrogen-bond acceptors (Lipinski definition) is 3. The molecule has 32 heavy (non-hydrogen) atoms. The molecule has 170 valence electrons. The average molecular weight is 447 g/mol. The molecule has 0 spiro atoms. The van der Waals surface area contributed by atoms with E-state index in [0.717, 1.165) is 23.3 Å². The summed E-state index contributed by atoms with van der Waals surface area (Å²) in [5, 5.41) is 8.79. The van der Waals surface area contributed by atoms with Gasteiger partial charge in [-0.3, -0.25) is 4.79 Å². The number of benzene rings is 2. The Labute approximate surface area is 184 Å². The van der Waals surface area contributed by atoms with Gasteiger partial charge in [-0.25, -0.2) is 4.79 Å². The van der Waals surface area contributed by atoms with Crippen LogP contribution < -0.4 is 9.64 Å². The van der Waals surface area contributed by atoms with Crippen LogP contribution >= 0.6 is 0 Å². The summed E-state index contributed by atoms with van der Waals surface area (Å²) in [5.41, 5.74) is 2.91. The van der Waals surface area contributed by atoms with Crippen molar-refractivity contribution in [3.05, 3.63) is 53.1 Å². The number of anilines is 1. The molecule has 5 nitrogen and oxygen atoms in total. The lowest BCUT2D eigenvalue weighted by molar-refractivity contribution is -0.274. The summed E-state index contributed by atoms with van der Waals surface area (Å²) in [4.78, 5) is 25.1. The van der Waals surface area contributed by atoms with E-state index in [-0.39, 0.29) is 17.0 Å². The number of hydrogen-bond donors (Lipinski definition) is 1. The van der Waals surface area contributed by atoms with Gasteiger partial charge in [0.1, 0.15) is 5.75 Å². The van der Waals surface area contributed by atoms with Gasteiger partial charge in [0.15, 0.2) is 0 Å². The smallest absolute Gasteiger partial charge is 0.478 e. The van der Waals surface area contributed by atoms with Crippen molar-refractivity contribution >= 4 is 23.6 Å². The molecule has 1 aliphatic heterocycles. The number of rotatable bonds is 5. The molecule has 1 heterocycles. The second kappa shape index (κ2) is 8.33. The average Bonchev–Trinajstić information content (AvgIpc) is 2.65. The molecule has 1 aliphatic rings. The second-order valence-corrected chi connectivity index (χ2v) is 8.36. The van der Waals surface area contributed by atoms with Crippen LogP contribution in [0, 0.1) is 6.92 Å². The van der Waals surface area contributed by atoms with E-state index in [1.54, 1.807) is 17.9 Å². The van der Waals surface area contributed by atoms with E-state index < -0.39 is 23.5 Å². The molecular formula is C24H24F3NO4. The summed E-state index contributed by atoms with van der Waals surface area (Å²) in [6.07, 6.45) is -2.56. The van der Waals surface area contributed by atoms with Crippen LogP contribution in [0.4, 0.5) is 18.9 Å². The molecular weight excluding hydrogens is 423 g/mol. The minimum absolute atomic E-state index is 0.0410. The molecule has 0 aromatic heterocycles. The predicted molar refractivity (Wildman–Crippen MR) is 116 cm³/mol. The van der Waals surface area contributed by atoms with Crippen LogP contribution in [0.5, 0.6) is 5.75 Å². The highest BCUT2D eigenvalue weighted by atomic mass is 19.4. The normalized spacial score (nSPS) is 15.7. The Morgan fingerprint density at radius 3 is 2.50 bits per heavy atom. The van der Waals surface area contributed by atoms with Gasteiger partial charge in [0.2, 0.25) is 5.91 Å². The van der Waals surface area contributed by atoms with Crippen molar-refractivity contribution in [3.8, 4) is 16.9 Å². The molecule has 0 saturated carbocycles. The second-order valence-electron chi connectivity index (χ2n) is 8.36. The first-order valence-electron chi connectivity index (χ1n) is 10.1. The third-order valence-corrected chi connectivity index (χ3v) is 5.51. The maximum absolute atomic E-state index is 13.1. The number of amides is 1. The van der Waals surface area contributed by atoms with Gasteiger partial charge in [0.25, 0.3) is 0 Å². The van der Waals surface area contributed by atoms with E-state index >= 15 is 0 Å². The molecule has 2 aromatic rings. The summed E-state index contributed by atoms with van der Waals surface area (Å²) in [5.74, 6) is -1.71. The van der Waals surface area contributed by atoms with Crippen LogP contribution in [0.15, 0.2) is 36.4 Å². The highest BCUT2D eigenvalue weighted by molar-refractivity contribution is 5.99. The SMILES string of the molecule is CCN1C(=O)CC(C)(C)c2cc(C)c(-c3ccc(C=CC(=O)O)cc3OC(F)(F)F)cc21. The minimum atomic E-state index is -4.93. The van der Waals surface area contributed by atoms with Gasteiger partial charge in [-0.2, -0.15) is 0 Å². The van der Waals surface area contributed by atoms with Crippen molar-refractivity contribution in [2.75, 3.05) is 11.4 Å². The van der Waals surface area contributed by atoms with Gasteiger partial charge < -0.3 is 14.7 Å². The van der Waals surface area contributed by atoms with Crippen molar-refractivity contribution in [1.82, 2.24) is 0 Å². The topological polar surface area (TPSA) is 66.8 Å². The summed E-state index contributed by atoms with van der Waals surface area (Å²) >= 11 is 0. The van der Waals surface area contributed by atoms with Gasteiger partial charge in [-0.05, 0) is 54.3 Å². The molecule has 0 unspecified atom stereocenters. The number of carbonyl (C=O) groups is 2. The molecule has 1 N–H and O–H groups in total. The number of ether oxygens (including phenoxy) is 1. The molecule has 0 fully saturated rings. The molecule has 2 aromatic carbocycles. The summed E-state index contributed by atoms with van der Waals surface area (Å²) in [6, 6.07) is 7.77. The number of aryl methyl sites for hydroxylation is 1. The first kappa shape index (κ1) is 23.4. The van der Waals surface area contributed by atoms with Crippen molar-refractivity contribution in [2.45, 2.75) is 45.9 Å². The zero-order valence-corrected chi connectivity index (χ0v) is 18.2. The fourth-order valence-corrected chi connectivity index (χ4v) is 4.04. The van der Waals surface area contributed by atoms with Gasteiger partial charge in [0, 0.05) is 35.7 Å². The first-order valence-corrected chi connectivity index (χ1v) is 10.1. The Hall–Kier alpha value is -3.29. The van der Waals surface area contributed by atoms with E-state index in [1.807, 2.05) is 26.8 Å². The lowest BCUT2D eigenvalue weighted by atomic mass is 9.75. The number of halogens is 3. The Kier molecular flexibility index (Phi) is 6.09.